The molecule has 0 aliphatic carbocycles. The van der Waals surface area contributed by atoms with Crippen LogP contribution in [-0.4, -0.2) is 7.05 Å². The quantitative estimate of drug-likeness (QED) is 0.215. The molecule has 0 saturated carbocycles. The second-order valence-corrected chi connectivity index (χ2v) is 0.993. The molecule has 0 fully saturated rings. The highest BCUT2D eigenvalue weighted by Gasteiger charge is 1.66. The fraction of sp³-hybridized carbons (Fsp3) is 0.250. The minimum atomic E-state index is 1.53. The van der Waals surface area contributed by atoms with E-state index in [-0.39, 0.29) is 0 Å². The van der Waals surface area contributed by atoms with Crippen molar-refractivity contribution in [2.24, 2.45) is 0 Å². The summed E-state index contributed by atoms with van der Waals surface area (Å²) >= 11 is 0. The molecule has 0 saturated heterocycles. The Hall–Kier alpha value is -0.800. The Morgan fingerprint density at radius 3 is 2.75 bits per heavy atom. The van der Waals surface area contributed by atoms with Crippen molar-refractivity contribution < 1.29 is 0 Å². The Labute approximate surface area is 48.6 Å². The molecule has 0 heterocycles. The minimum absolute atomic E-state index is 1.53. The van der Waals surface area contributed by atoms with Gasteiger partial charge in [-0.25, -0.2) is 5.43 Å². The molecule has 0 aliphatic heterocycles. The summed E-state index contributed by atoms with van der Waals surface area (Å²) in [5, 5.41) is 0. The Bertz CT molecular complexity index is 84.0. The third-order valence-corrected chi connectivity index (χ3v) is 0.434. The van der Waals surface area contributed by atoms with Crippen LogP contribution in [0.2, 0.25) is 0 Å². The van der Waals surface area contributed by atoms with Gasteiger partial charge in [0.05, 0.1) is 6.20 Å². The zero-order valence-electron chi connectivity index (χ0n) is 4.78. The van der Waals surface area contributed by atoms with E-state index in [0.717, 1.165) is 0 Å². The van der Waals surface area contributed by atoms with Crippen molar-refractivity contribution in [3.8, 4) is 0 Å². The van der Waals surface area contributed by atoms with Crippen LogP contribution < -0.4 is 21.9 Å². The summed E-state index contributed by atoms with van der Waals surface area (Å²) in [4.78, 5) is 0. The Balaban J connectivity index is 2.82. The average molecular weight is 114 g/mol. The summed E-state index contributed by atoms with van der Waals surface area (Å²) in [6, 6.07) is 0. The molecule has 0 bridgehead atoms. The third kappa shape index (κ3) is 5.20. The summed E-state index contributed by atoms with van der Waals surface area (Å²) in [6.45, 7) is 3.33. The molecule has 0 aromatic rings. The first kappa shape index (κ1) is 7.20. The standard InChI is InChI=1S/C4H10N4/c1-3-4-6-8-7-5-2/h4-8H,1H2,2H3. The molecular formula is C4H10N4. The van der Waals surface area contributed by atoms with Crippen LogP contribution in [0.25, 0.3) is 0 Å². The Morgan fingerprint density at radius 1 is 1.50 bits per heavy atom. The molecule has 0 amide bonds. The number of hydrogen-bond donors (Lipinski definition) is 4. The summed E-state index contributed by atoms with van der Waals surface area (Å²) in [6.07, 6.45) is 1.53. The van der Waals surface area contributed by atoms with Crippen LogP contribution in [0.1, 0.15) is 0 Å². The molecule has 4 N–H and O–H groups in total. The molecule has 0 radical (unpaired) electrons. The zero-order chi connectivity index (χ0) is 6.24. The highest BCUT2D eigenvalue weighted by Crippen LogP contribution is 1.43. The molecule has 0 aromatic heterocycles. The van der Waals surface area contributed by atoms with E-state index < -0.39 is 0 Å². The van der Waals surface area contributed by atoms with Crippen molar-refractivity contribution in [1.29, 1.82) is 0 Å². The molecule has 4 heteroatoms. The van der Waals surface area contributed by atoms with E-state index in [0.29, 0.717) is 0 Å². The van der Waals surface area contributed by atoms with Gasteiger partial charge >= 0.3 is 0 Å². The average Bonchev–Trinajstić information content (AvgIpc) is 1.81. The number of rotatable bonds is 4. The van der Waals surface area contributed by atoms with Crippen molar-refractivity contribution >= 4 is 0 Å². The molecule has 0 rings (SSSR count). The van der Waals surface area contributed by atoms with Gasteiger partial charge in [-0.2, -0.15) is 11.1 Å². The monoisotopic (exact) mass is 114 g/mol. The van der Waals surface area contributed by atoms with Gasteiger partial charge in [-0.3, -0.25) is 0 Å². The van der Waals surface area contributed by atoms with E-state index in [1.165, 1.54) is 6.20 Å². The Morgan fingerprint density at radius 2 is 2.25 bits per heavy atom. The first-order valence-electron chi connectivity index (χ1n) is 2.18. The van der Waals surface area contributed by atoms with Crippen LogP contribution >= 0.6 is 0 Å². The van der Waals surface area contributed by atoms with Crippen LogP contribution in [0, 0.1) is 0 Å². The highest BCUT2D eigenvalue weighted by atomic mass is 15.7. The molecule has 0 unspecified atom stereocenters. The summed E-state index contributed by atoms with van der Waals surface area (Å²) < 4.78 is 0. The fourth-order valence-electron chi connectivity index (χ4n) is 0.186. The summed E-state index contributed by atoms with van der Waals surface area (Å²) in [7, 11) is 1.74. The van der Waals surface area contributed by atoms with Gasteiger partial charge in [-0.1, -0.05) is 6.58 Å². The van der Waals surface area contributed by atoms with Crippen molar-refractivity contribution in [2.45, 2.75) is 0 Å². The largest absolute Gasteiger partial charge is 0.307 e. The maximum Gasteiger partial charge on any atom is 0.0552 e. The van der Waals surface area contributed by atoms with Crippen molar-refractivity contribution in [2.75, 3.05) is 7.05 Å². The molecule has 0 spiro atoms. The lowest BCUT2D eigenvalue weighted by molar-refractivity contribution is 0.434. The van der Waals surface area contributed by atoms with E-state index in [1.54, 1.807) is 7.05 Å². The van der Waals surface area contributed by atoms with Crippen molar-refractivity contribution in [3.63, 3.8) is 0 Å². The summed E-state index contributed by atoms with van der Waals surface area (Å²) in [5.41, 5.74) is 12.9. The van der Waals surface area contributed by atoms with Gasteiger partial charge in [0.1, 0.15) is 0 Å². The first-order valence-corrected chi connectivity index (χ1v) is 2.18. The zero-order valence-corrected chi connectivity index (χ0v) is 4.78. The topological polar surface area (TPSA) is 48.1 Å². The van der Waals surface area contributed by atoms with Gasteiger partial charge in [0.15, 0.2) is 0 Å². The number of hydrazine groups is 3. The predicted molar refractivity (Wildman–Crippen MR) is 32.2 cm³/mol. The highest BCUT2D eigenvalue weighted by molar-refractivity contribution is 4.69. The van der Waals surface area contributed by atoms with Gasteiger partial charge in [0.2, 0.25) is 0 Å². The van der Waals surface area contributed by atoms with E-state index in [4.69, 9.17) is 0 Å². The molecule has 8 heavy (non-hydrogen) atoms. The van der Waals surface area contributed by atoms with Crippen LogP contribution in [0.15, 0.2) is 18.5 Å². The van der Waals surface area contributed by atoms with Gasteiger partial charge in [0.25, 0.3) is 0 Å². The van der Waals surface area contributed by atoms with Gasteiger partial charge < -0.3 is 5.43 Å². The van der Waals surface area contributed by atoms with Crippen LogP contribution in [0.4, 0.5) is 0 Å². The fourth-order valence-corrected chi connectivity index (χ4v) is 0.186. The van der Waals surface area contributed by atoms with E-state index in [9.17, 15) is 0 Å². The van der Waals surface area contributed by atoms with E-state index >= 15 is 0 Å². The molecule has 46 valence electrons. The second-order valence-electron chi connectivity index (χ2n) is 0.993. The molecule has 0 aliphatic rings. The van der Waals surface area contributed by atoms with Crippen molar-refractivity contribution in [3.05, 3.63) is 18.5 Å². The third-order valence-electron chi connectivity index (χ3n) is 0.434. The van der Waals surface area contributed by atoms with Crippen LogP contribution in [-0.2, 0) is 0 Å². The number of nitrogens with one attached hydrogen (secondary N) is 4. The van der Waals surface area contributed by atoms with Crippen LogP contribution in [0.5, 0.6) is 0 Å². The predicted octanol–water partition coefficient (Wildman–Crippen LogP) is -0.982. The van der Waals surface area contributed by atoms with Gasteiger partial charge in [-0.05, 0) is 7.05 Å². The van der Waals surface area contributed by atoms with Crippen LogP contribution in [0.3, 0.4) is 0 Å². The SMILES string of the molecule is C=C=CNNNNC. The lowest BCUT2D eigenvalue weighted by Crippen LogP contribution is -2.46. The van der Waals surface area contributed by atoms with Crippen molar-refractivity contribution in [1.82, 2.24) is 21.9 Å². The molecule has 0 atom stereocenters. The first-order chi connectivity index (χ1) is 3.91. The van der Waals surface area contributed by atoms with Gasteiger partial charge in [-0.15, -0.1) is 5.73 Å². The molecule has 0 aromatic carbocycles. The normalized spacial score (nSPS) is 7.62. The molecular weight excluding hydrogens is 104 g/mol. The number of hydrogen-bond acceptors (Lipinski definition) is 4. The maximum absolute atomic E-state index is 3.33. The minimum Gasteiger partial charge on any atom is -0.307 e. The second kappa shape index (κ2) is 6.20. The lowest BCUT2D eigenvalue weighted by Gasteiger charge is -2.01. The van der Waals surface area contributed by atoms with Gasteiger partial charge in [0, 0.05) is 0 Å². The lowest BCUT2D eigenvalue weighted by atomic mass is 10.9. The summed E-state index contributed by atoms with van der Waals surface area (Å²) in [5.74, 6) is 0. The van der Waals surface area contributed by atoms with E-state index in [1.807, 2.05) is 0 Å². The molecule has 4 nitrogen and oxygen atoms in total. The van der Waals surface area contributed by atoms with E-state index in [2.05, 4.69) is 34.2 Å². The smallest absolute Gasteiger partial charge is 0.0552 e. The Kier molecular flexibility index (Phi) is 5.58. The maximum atomic E-state index is 3.33.